The molecule has 4 N–H and O–H groups in total. The molecule has 0 saturated heterocycles. The van der Waals surface area contributed by atoms with Gasteiger partial charge in [-0.2, -0.15) is 0 Å². The number of methoxy groups -OCH3 is 1. The molecule has 2 atom stereocenters. The molecule has 3 aromatic carbocycles. The zero-order chi connectivity index (χ0) is 35.3. The molecule has 266 valence electrons. The fourth-order valence-electron chi connectivity index (χ4n) is 5.43. The zero-order valence-electron chi connectivity index (χ0n) is 28.4. The number of nitrogens with one attached hydrogen (secondary N) is 1. The van der Waals surface area contributed by atoms with Gasteiger partial charge in [-0.25, -0.2) is 4.79 Å². The lowest BCUT2D eigenvalue weighted by Gasteiger charge is -2.27. The largest absolute Gasteiger partial charge is 0.490 e. The fourth-order valence-corrected chi connectivity index (χ4v) is 6.13. The summed E-state index contributed by atoms with van der Waals surface area (Å²) in [5.41, 5.74) is 9.95. The van der Waals surface area contributed by atoms with Gasteiger partial charge < -0.3 is 40.0 Å². The van der Waals surface area contributed by atoms with Crippen LogP contribution in [-0.2, 0) is 28.9 Å². The summed E-state index contributed by atoms with van der Waals surface area (Å²) >= 11 is 12.5. The van der Waals surface area contributed by atoms with Crippen LogP contribution in [0.25, 0.3) is 0 Å². The van der Waals surface area contributed by atoms with Gasteiger partial charge in [-0.05, 0) is 105 Å². The van der Waals surface area contributed by atoms with E-state index < -0.39 is 18.1 Å². The number of carbonyl (C=O) groups is 2. The van der Waals surface area contributed by atoms with Gasteiger partial charge >= 0.3 is 6.09 Å². The number of nitrogens with two attached hydrogens (primary N) is 1. The van der Waals surface area contributed by atoms with Crippen LogP contribution in [0.2, 0.25) is 10.0 Å². The van der Waals surface area contributed by atoms with Gasteiger partial charge in [-0.1, -0.05) is 41.4 Å². The van der Waals surface area contributed by atoms with Gasteiger partial charge in [0.25, 0.3) is 0 Å². The Bertz CT molecular complexity index is 1510. The molecule has 0 heterocycles. The van der Waals surface area contributed by atoms with Gasteiger partial charge in [0, 0.05) is 39.4 Å². The monoisotopic (exact) mass is 715 g/mol. The molecule has 0 spiro atoms. The summed E-state index contributed by atoms with van der Waals surface area (Å²) in [7, 11) is 1.66. The summed E-state index contributed by atoms with van der Waals surface area (Å²) in [6, 6.07) is 17.0. The number of aryl methyl sites for hydroxylation is 2. The van der Waals surface area contributed by atoms with Crippen molar-refractivity contribution in [2.75, 3.05) is 40.0 Å². The second-order valence-corrected chi connectivity index (χ2v) is 13.2. The highest BCUT2D eigenvalue weighted by Crippen LogP contribution is 2.34. The fraction of sp³-hybridized carbons (Fsp3) is 0.459. The molecule has 1 saturated carbocycles. The van der Waals surface area contributed by atoms with Crippen molar-refractivity contribution in [2.45, 2.75) is 64.6 Å². The van der Waals surface area contributed by atoms with Gasteiger partial charge in [-0.3, -0.25) is 4.79 Å². The number of aliphatic hydroxyl groups excluding tert-OH is 1. The van der Waals surface area contributed by atoms with E-state index in [0.717, 1.165) is 47.9 Å². The molecular formula is C37H47Cl2N3O7. The van der Waals surface area contributed by atoms with Crippen molar-refractivity contribution in [3.8, 4) is 17.2 Å². The van der Waals surface area contributed by atoms with Crippen molar-refractivity contribution in [1.29, 1.82) is 0 Å². The van der Waals surface area contributed by atoms with Crippen molar-refractivity contribution in [2.24, 2.45) is 11.7 Å². The SMILES string of the molecule is COCCCc1cc(CN(C(=O)C(CN)Cc2ccc(OCCOc3c(Cl)cc(C)cc3Cl)cc2)C2CC2)cc(OC(=O)NCC(C)O)c1. The summed E-state index contributed by atoms with van der Waals surface area (Å²) in [4.78, 5) is 28.2. The maximum Gasteiger partial charge on any atom is 0.412 e. The highest BCUT2D eigenvalue weighted by Gasteiger charge is 2.35. The minimum absolute atomic E-state index is 0.00201. The van der Waals surface area contributed by atoms with E-state index in [9.17, 15) is 14.7 Å². The summed E-state index contributed by atoms with van der Waals surface area (Å²) < 4.78 is 22.3. The topological polar surface area (TPSA) is 133 Å². The number of rotatable bonds is 19. The predicted octanol–water partition coefficient (Wildman–Crippen LogP) is 6.12. The van der Waals surface area contributed by atoms with Crippen LogP contribution in [-0.4, -0.2) is 74.2 Å². The number of amides is 2. The Labute approximate surface area is 298 Å². The lowest BCUT2D eigenvalue weighted by atomic mass is 9.97. The molecule has 0 aliphatic heterocycles. The summed E-state index contributed by atoms with van der Waals surface area (Å²) in [5, 5.41) is 13.0. The molecule has 12 heteroatoms. The maximum atomic E-state index is 13.9. The molecule has 0 bridgehead atoms. The second-order valence-electron chi connectivity index (χ2n) is 12.4. The molecular weight excluding hydrogens is 669 g/mol. The molecule has 3 aromatic rings. The Morgan fingerprint density at radius 3 is 2.27 bits per heavy atom. The Kier molecular flexibility index (Phi) is 14.8. The van der Waals surface area contributed by atoms with Crippen molar-refractivity contribution in [1.82, 2.24) is 10.2 Å². The lowest BCUT2D eigenvalue weighted by molar-refractivity contribution is -0.136. The van der Waals surface area contributed by atoms with Crippen molar-refractivity contribution in [3.05, 3.63) is 86.9 Å². The van der Waals surface area contributed by atoms with Crippen molar-refractivity contribution >= 4 is 35.2 Å². The van der Waals surface area contributed by atoms with Crippen LogP contribution in [0.3, 0.4) is 0 Å². The Morgan fingerprint density at radius 2 is 1.63 bits per heavy atom. The first-order valence-electron chi connectivity index (χ1n) is 16.6. The first-order chi connectivity index (χ1) is 23.6. The minimum atomic E-state index is -0.695. The molecule has 1 fully saturated rings. The smallest absolute Gasteiger partial charge is 0.412 e. The number of benzene rings is 3. The van der Waals surface area contributed by atoms with Gasteiger partial charge in [0.1, 0.15) is 24.7 Å². The van der Waals surface area contributed by atoms with Crippen LogP contribution in [0.15, 0.2) is 54.6 Å². The number of hydrogen-bond donors (Lipinski definition) is 3. The Hall–Kier alpha value is -3.54. The Balaban J connectivity index is 1.37. The van der Waals surface area contributed by atoms with Crippen molar-refractivity contribution < 1.29 is 33.6 Å². The van der Waals surface area contributed by atoms with Crippen molar-refractivity contribution in [3.63, 3.8) is 0 Å². The van der Waals surface area contributed by atoms with E-state index >= 15 is 0 Å². The van der Waals surface area contributed by atoms with E-state index in [1.807, 2.05) is 48.2 Å². The highest BCUT2D eigenvalue weighted by molar-refractivity contribution is 6.37. The standard InChI is InChI=1S/C37H47Cl2N3O7/c1-24-15-33(38)35(34(39)16-24)48-14-13-47-31-10-6-26(7-11-31)18-29(21-40)36(44)42(30-8-9-30)23-28-17-27(5-4-12-46-3)19-32(20-28)49-37(45)41-22-25(2)43/h6-7,10-11,15-17,19-20,25,29-30,43H,4-5,8-9,12-14,18,21-23,40H2,1-3H3,(H,41,45). The normalized spacial score (nSPS) is 13.8. The lowest BCUT2D eigenvalue weighted by Crippen LogP contribution is -2.41. The number of carbonyl (C=O) groups excluding carboxylic acids is 2. The quantitative estimate of drug-likeness (QED) is 0.127. The Morgan fingerprint density at radius 1 is 0.959 bits per heavy atom. The summed E-state index contributed by atoms with van der Waals surface area (Å²) in [6.07, 6.45) is 2.52. The van der Waals surface area contributed by atoms with E-state index in [1.165, 1.54) is 0 Å². The van der Waals surface area contributed by atoms with E-state index in [0.29, 0.717) is 53.5 Å². The van der Waals surface area contributed by atoms with Gasteiger partial charge in [0.2, 0.25) is 5.91 Å². The first-order valence-corrected chi connectivity index (χ1v) is 17.4. The third-order valence-electron chi connectivity index (χ3n) is 8.00. The number of hydrogen-bond acceptors (Lipinski definition) is 8. The molecule has 2 amide bonds. The second kappa shape index (κ2) is 19.0. The molecule has 2 unspecified atom stereocenters. The molecule has 4 rings (SSSR count). The van der Waals surface area contributed by atoms with Gasteiger partial charge in [0.15, 0.2) is 5.75 Å². The van der Waals surface area contributed by atoms with Crippen LogP contribution < -0.4 is 25.3 Å². The van der Waals surface area contributed by atoms with Crippen LogP contribution in [0.4, 0.5) is 4.79 Å². The third-order valence-corrected chi connectivity index (χ3v) is 8.56. The van der Waals surface area contributed by atoms with Gasteiger partial charge in [-0.15, -0.1) is 0 Å². The molecule has 1 aliphatic rings. The van der Waals surface area contributed by atoms with E-state index in [1.54, 1.807) is 32.2 Å². The molecule has 49 heavy (non-hydrogen) atoms. The number of ether oxygens (including phenoxy) is 4. The number of halogens is 2. The maximum absolute atomic E-state index is 13.9. The zero-order valence-corrected chi connectivity index (χ0v) is 29.9. The highest BCUT2D eigenvalue weighted by atomic mass is 35.5. The average Bonchev–Trinajstić information content (AvgIpc) is 3.90. The van der Waals surface area contributed by atoms with Gasteiger partial charge in [0.05, 0.1) is 22.1 Å². The van der Waals surface area contributed by atoms with E-state index in [-0.39, 0.29) is 31.6 Å². The minimum Gasteiger partial charge on any atom is -0.490 e. The first kappa shape index (κ1) is 38.3. The molecule has 0 radical (unpaired) electrons. The number of aliphatic hydroxyl groups is 1. The molecule has 1 aliphatic carbocycles. The van der Waals surface area contributed by atoms with Crippen LogP contribution >= 0.6 is 23.2 Å². The van der Waals surface area contributed by atoms with Crippen LogP contribution in [0.1, 0.15) is 48.4 Å². The number of nitrogens with zero attached hydrogens (tertiary/aromatic N) is 1. The molecule has 10 nitrogen and oxygen atoms in total. The van der Waals surface area contributed by atoms with E-state index in [2.05, 4.69) is 5.32 Å². The summed E-state index contributed by atoms with van der Waals surface area (Å²) in [5.74, 6) is 1.08. The third kappa shape index (κ3) is 12.4. The van der Waals surface area contributed by atoms with E-state index in [4.69, 9.17) is 47.9 Å². The average molecular weight is 717 g/mol. The van der Waals surface area contributed by atoms with Crippen LogP contribution in [0.5, 0.6) is 17.2 Å². The van der Waals surface area contributed by atoms with Crippen LogP contribution in [0, 0.1) is 12.8 Å². The molecule has 0 aromatic heterocycles. The summed E-state index contributed by atoms with van der Waals surface area (Å²) in [6.45, 7) is 5.31. The predicted molar refractivity (Wildman–Crippen MR) is 191 cm³/mol.